The van der Waals surface area contributed by atoms with Crippen molar-refractivity contribution in [1.29, 1.82) is 0 Å². The van der Waals surface area contributed by atoms with Gasteiger partial charge < -0.3 is 4.90 Å². The van der Waals surface area contributed by atoms with Gasteiger partial charge in [0.25, 0.3) is 11.4 Å². The fourth-order valence-corrected chi connectivity index (χ4v) is 2.09. The van der Waals surface area contributed by atoms with E-state index < -0.39 is 9.85 Å². The summed E-state index contributed by atoms with van der Waals surface area (Å²) in [5, 5.41) is 22.3. The maximum Gasteiger partial charge on any atom is 0.299 e. The van der Waals surface area contributed by atoms with Crippen LogP contribution < -0.4 is 4.90 Å². The number of unbranched alkanes of at least 4 members (excludes halogenated alkanes) is 1. The van der Waals surface area contributed by atoms with Crippen molar-refractivity contribution in [2.45, 2.75) is 33.1 Å². The highest BCUT2D eigenvalue weighted by atomic mass is 16.6. The average molecular weight is 281 g/mol. The fourth-order valence-electron chi connectivity index (χ4n) is 2.09. The van der Waals surface area contributed by atoms with E-state index in [-0.39, 0.29) is 17.1 Å². The lowest BCUT2D eigenvalue weighted by atomic mass is 10.2. The maximum absolute atomic E-state index is 11.1. The highest BCUT2D eigenvalue weighted by Gasteiger charge is 2.28. The lowest BCUT2D eigenvalue weighted by Crippen LogP contribution is -2.26. The molecule has 1 aromatic rings. The first-order chi connectivity index (χ1) is 9.52. The third-order valence-electron chi connectivity index (χ3n) is 2.98. The minimum absolute atomic E-state index is 0.123. The highest BCUT2D eigenvalue weighted by Crippen LogP contribution is 2.37. The highest BCUT2D eigenvalue weighted by molar-refractivity contribution is 5.74. The molecule has 0 spiro atoms. The minimum Gasteiger partial charge on any atom is -0.360 e. The van der Waals surface area contributed by atoms with Crippen molar-refractivity contribution in [1.82, 2.24) is 0 Å². The number of rotatable bonds is 8. The first kappa shape index (κ1) is 15.9. The van der Waals surface area contributed by atoms with E-state index in [1.165, 1.54) is 18.2 Å². The number of hydrogen-bond acceptors (Lipinski definition) is 5. The van der Waals surface area contributed by atoms with Crippen LogP contribution in [0.4, 0.5) is 17.1 Å². The molecular formula is C13H19N3O4. The zero-order chi connectivity index (χ0) is 15.1. The Morgan fingerprint density at radius 2 is 1.55 bits per heavy atom. The first-order valence-corrected chi connectivity index (χ1v) is 6.69. The Hall–Kier alpha value is -2.18. The molecule has 0 atom stereocenters. The van der Waals surface area contributed by atoms with E-state index in [0.717, 1.165) is 19.3 Å². The van der Waals surface area contributed by atoms with Gasteiger partial charge in [0, 0.05) is 25.2 Å². The third-order valence-corrected chi connectivity index (χ3v) is 2.98. The quantitative estimate of drug-likeness (QED) is 0.537. The van der Waals surface area contributed by atoms with Crippen LogP contribution in [0.5, 0.6) is 0 Å². The predicted molar refractivity (Wildman–Crippen MR) is 77.2 cm³/mol. The maximum atomic E-state index is 11.1. The van der Waals surface area contributed by atoms with Crippen LogP contribution in [0.25, 0.3) is 0 Å². The van der Waals surface area contributed by atoms with Gasteiger partial charge in [-0.25, -0.2) is 0 Å². The Labute approximate surface area is 117 Å². The number of nitrogens with zero attached hydrogens (tertiary/aromatic N) is 3. The van der Waals surface area contributed by atoms with Crippen LogP contribution in [0.1, 0.15) is 33.1 Å². The van der Waals surface area contributed by atoms with Gasteiger partial charge in [-0.1, -0.05) is 20.3 Å². The van der Waals surface area contributed by atoms with Crippen LogP contribution in [0.3, 0.4) is 0 Å². The Morgan fingerprint density at radius 1 is 1.00 bits per heavy atom. The van der Waals surface area contributed by atoms with E-state index in [9.17, 15) is 20.2 Å². The van der Waals surface area contributed by atoms with Gasteiger partial charge in [0.2, 0.25) is 0 Å². The number of anilines is 1. The predicted octanol–water partition coefficient (Wildman–Crippen LogP) is 3.52. The van der Waals surface area contributed by atoms with Crippen LogP contribution in [0.15, 0.2) is 18.2 Å². The van der Waals surface area contributed by atoms with Crippen LogP contribution in [-0.2, 0) is 0 Å². The largest absolute Gasteiger partial charge is 0.360 e. The molecule has 0 saturated heterocycles. The molecule has 20 heavy (non-hydrogen) atoms. The molecule has 0 saturated carbocycles. The molecule has 0 aliphatic carbocycles. The normalized spacial score (nSPS) is 10.3. The summed E-state index contributed by atoms with van der Waals surface area (Å²) in [6.07, 6.45) is 2.53. The van der Waals surface area contributed by atoms with Crippen molar-refractivity contribution >= 4 is 17.1 Å². The molecule has 0 N–H and O–H groups in total. The molecule has 0 aromatic heterocycles. The van der Waals surface area contributed by atoms with Crippen molar-refractivity contribution in [2.24, 2.45) is 0 Å². The second kappa shape index (κ2) is 7.42. The monoisotopic (exact) mass is 281 g/mol. The standard InChI is InChI=1S/C13H19N3O4/c1-3-5-10-14(9-4-2)13-11(15(17)18)7-6-8-12(13)16(19)20/h6-8H,3-5,9-10H2,1-2H3. The number of hydrogen-bond donors (Lipinski definition) is 0. The summed E-state index contributed by atoms with van der Waals surface area (Å²) in [6.45, 7) is 5.10. The zero-order valence-electron chi connectivity index (χ0n) is 11.7. The van der Waals surface area contributed by atoms with E-state index in [0.29, 0.717) is 13.1 Å². The molecule has 1 aromatic carbocycles. The average Bonchev–Trinajstić information content (AvgIpc) is 2.42. The molecule has 110 valence electrons. The Kier molecular flexibility index (Phi) is 5.89. The summed E-state index contributed by atoms with van der Waals surface area (Å²) in [7, 11) is 0. The third kappa shape index (κ3) is 3.66. The van der Waals surface area contributed by atoms with Crippen molar-refractivity contribution < 1.29 is 9.85 Å². The van der Waals surface area contributed by atoms with E-state index in [4.69, 9.17) is 0 Å². The van der Waals surface area contributed by atoms with Gasteiger partial charge in [0.1, 0.15) is 0 Å². The van der Waals surface area contributed by atoms with Gasteiger partial charge in [-0.3, -0.25) is 20.2 Å². The molecular weight excluding hydrogens is 262 g/mol. The minimum atomic E-state index is -0.559. The molecule has 0 bridgehead atoms. The molecule has 1 rings (SSSR count). The number of para-hydroxylation sites is 1. The van der Waals surface area contributed by atoms with Gasteiger partial charge in [0.05, 0.1) is 9.85 Å². The van der Waals surface area contributed by atoms with E-state index >= 15 is 0 Å². The van der Waals surface area contributed by atoms with E-state index in [1.807, 2.05) is 13.8 Å². The molecule has 7 nitrogen and oxygen atoms in total. The molecule has 0 aliphatic heterocycles. The number of nitro benzene ring substituents is 2. The van der Waals surface area contributed by atoms with Gasteiger partial charge in [-0.15, -0.1) is 0 Å². The van der Waals surface area contributed by atoms with Crippen LogP contribution >= 0.6 is 0 Å². The SMILES string of the molecule is CCCCN(CCC)c1c([N+](=O)[O-])cccc1[N+](=O)[O-]. The molecule has 0 heterocycles. The summed E-state index contributed by atoms with van der Waals surface area (Å²) >= 11 is 0. The van der Waals surface area contributed by atoms with Gasteiger partial charge in [0.15, 0.2) is 5.69 Å². The molecule has 0 aliphatic rings. The van der Waals surface area contributed by atoms with Crippen molar-refractivity contribution in [3.63, 3.8) is 0 Å². The van der Waals surface area contributed by atoms with Crippen molar-refractivity contribution in [2.75, 3.05) is 18.0 Å². The summed E-state index contributed by atoms with van der Waals surface area (Å²) in [5.41, 5.74) is -0.287. The fraction of sp³-hybridized carbons (Fsp3) is 0.538. The van der Waals surface area contributed by atoms with E-state index in [2.05, 4.69) is 0 Å². The number of nitro groups is 2. The Balaban J connectivity index is 3.34. The topological polar surface area (TPSA) is 89.5 Å². The number of benzene rings is 1. The second-order valence-electron chi connectivity index (χ2n) is 4.50. The van der Waals surface area contributed by atoms with Crippen molar-refractivity contribution in [3.05, 3.63) is 38.4 Å². The van der Waals surface area contributed by atoms with Gasteiger partial charge >= 0.3 is 0 Å². The molecule has 0 fully saturated rings. The summed E-state index contributed by atoms with van der Waals surface area (Å²) < 4.78 is 0. The second-order valence-corrected chi connectivity index (χ2v) is 4.50. The van der Waals surface area contributed by atoms with Crippen molar-refractivity contribution in [3.8, 4) is 0 Å². The molecule has 0 amide bonds. The lowest BCUT2D eigenvalue weighted by Gasteiger charge is -2.23. The first-order valence-electron chi connectivity index (χ1n) is 6.69. The molecule has 0 radical (unpaired) electrons. The van der Waals surface area contributed by atoms with Gasteiger partial charge in [-0.05, 0) is 18.9 Å². The molecule has 0 unspecified atom stereocenters. The van der Waals surface area contributed by atoms with Crippen LogP contribution in [0.2, 0.25) is 0 Å². The smallest absolute Gasteiger partial charge is 0.299 e. The van der Waals surface area contributed by atoms with Crippen LogP contribution in [-0.4, -0.2) is 22.9 Å². The van der Waals surface area contributed by atoms with Crippen LogP contribution in [0, 0.1) is 20.2 Å². The lowest BCUT2D eigenvalue weighted by molar-refractivity contribution is -0.392. The summed E-state index contributed by atoms with van der Waals surface area (Å²) in [5.74, 6) is 0. The summed E-state index contributed by atoms with van der Waals surface area (Å²) in [6, 6.07) is 3.98. The molecule has 7 heteroatoms. The zero-order valence-corrected chi connectivity index (χ0v) is 11.7. The Bertz CT molecular complexity index is 458. The Morgan fingerprint density at radius 3 is 1.95 bits per heavy atom. The van der Waals surface area contributed by atoms with Gasteiger partial charge in [-0.2, -0.15) is 0 Å². The summed E-state index contributed by atoms with van der Waals surface area (Å²) in [4.78, 5) is 22.9. The van der Waals surface area contributed by atoms with E-state index in [1.54, 1.807) is 4.90 Å².